The number of hydrogen-bond donors (Lipinski definition) is 1. The van der Waals surface area contributed by atoms with Gasteiger partial charge in [-0.15, -0.1) is 0 Å². The van der Waals surface area contributed by atoms with Gasteiger partial charge in [-0.25, -0.2) is 4.79 Å². The van der Waals surface area contributed by atoms with E-state index in [2.05, 4.69) is 4.90 Å². The summed E-state index contributed by atoms with van der Waals surface area (Å²) >= 11 is 5.85. The molecule has 1 atom stereocenters. The third kappa shape index (κ3) is 4.33. The van der Waals surface area contributed by atoms with E-state index >= 15 is 0 Å². The first kappa shape index (κ1) is 16.1. The number of carbonyl (C=O) groups is 1. The van der Waals surface area contributed by atoms with Gasteiger partial charge in [-0.3, -0.25) is 4.90 Å². The van der Waals surface area contributed by atoms with Gasteiger partial charge in [-0.1, -0.05) is 23.7 Å². The number of aliphatic hydroxyl groups excluding tert-OH is 1. The SMILES string of the molecule is CN(C)C(=O)N1CCN(CC(O)c2ccc(Cl)cc2)CC1. The molecule has 0 bridgehead atoms. The summed E-state index contributed by atoms with van der Waals surface area (Å²) in [5.74, 6) is 0. The Hall–Kier alpha value is -1.30. The van der Waals surface area contributed by atoms with E-state index in [0.717, 1.165) is 18.7 Å². The van der Waals surface area contributed by atoms with Gasteiger partial charge in [0, 0.05) is 51.8 Å². The molecular weight excluding hydrogens is 290 g/mol. The van der Waals surface area contributed by atoms with Gasteiger partial charge in [0.1, 0.15) is 0 Å². The molecule has 1 aromatic rings. The summed E-state index contributed by atoms with van der Waals surface area (Å²) in [6.45, 7) is 3.54. The highest BCUT2D eigenvalue weighted by Gasteiger charge is 2.23. The Labute approximate surface area is 130 Å². The zero-order valence-electron chi connectivity index (χ0n) is 12.5. The van der Waals surface area contributed by atoms with Crippen molar-refractivity contribution in [2.75, 3.05) is 46.8 Å². The van der Waals surface area contributed by atoms with E-state index in [9.17, 15) is 9.90 Å². The number of nitrogens with zero attached hydrogens (tertiary/aromatic N) is 3. The lowest BCUT2D eigenvalue weighted by Gasteiger charge is -2.36. The first-order valence-corrected chi connectivity index (χ1v) is 7.47. The second-order valence-electron chi connectivity index (χ2n) is 5.53. The Kier molecular flexibility index (Phi) is 5.45. The van der Waals surface area contributed by atoms with Crippen LogP contribution in [0.4, 0.5) is 4.79 Å². The molecule has 2 rings (SSSR count). The number of amides is 2. The molecular formula is C15H22ClN3O2. The van der Waals surface area contributed by atoms with Gasteiger partial charge in [-0.2, -0.15) is 0 Å². The molecule has 1 fully saturated rings. The fourth-order valence-electron chi connectivity index (χ4n) is 2.44. The minimum absolute atomic E-state index is 0.0490. The van der Waals surface area contributed by atoms with Crippen molar-refractivity contribution in [1.82, 2.24) is 14.7 Å². The van der Waals surface area contributed by atoms with Crippen molar-refractivity contribution in [1.29, 1.82) is 0 Å². The van der Waals surface area contributed by atoms with Crippen LogP contribution in [0.2, 0.25) is 5.02 Å². The highest BCUT2D eigenvalue weighted by Crippen LogP contribution is 2.18. The lowest BCUT2D eigenvalue weighted by molar-refractivity contribution is 0.0762. The van der Waals surface area contributed by atoms with Crippen LogP contribution < -0.4 is 0 Å². The van der Waals surface area contributed by atoms with Crippen molar-refractivity contribution in [3.63, 3.8) is 0 Å². The Bertz CT molecular complexity index is 470. The van der Waals surface area contributed by atoms with Crippen LogP contribution in [0.15, 0.2) is 24.3 Å². The van der Waals surface area contributed by atoms with Gasteiger partial charge in [0.25, 0.3) is 0 Å². The first-order chi connectivity index (χ1) is 9.97. The zero-order chi connectivity index (χ0) is 15.4. The Morgan fingerprint density at radius 1 is 1.24 bits per heavy atom. The molecule has 1 N–H and O–H groups in total. The van der Waals surface area contributed by atoms with E-state index in [1.165, 1.54) is 0 Å². The van der Waals surface area contributed by atoms with Gasteiger partial charge >= 0.3 is 6.03 Å². The molecule has 1 unspecified atom stereocenters. The quantitative estimate of drug-likeness (QED) is 0.924. The summed E-state index contributed by atoms with van der Waals surface area (Å²) in [5, 5.41) is 10.9. The molecule has 0 saturated carbocycles. The molecule has 6 heteroatoms. The number of benzene rings is 1. The van der Waals surface area contributed by atoms with Gasteiger partial charge < -0.3 is 14.9 Å². The van der Waals surface area contributed by atoms with Gasteiger partial charge in [0.05, 0.1) is 6.10 Å². The minimum Gasteiger partial charge on any atom is -0.387 e. The van der Waals surface area contributed by atoms with Crippen molar-refractivity contribution in [3.05, 3.63) is 34.9 Å². The maximum atomic E-state index is 11.9. The lowest BCUT2D eigenvalue weighted by atomic mass is 10.1. The predicted octanol–water partition coefficient (Wildman–Crippen LogP) is 1.67. The molecule has 0 radical (unpaired) electrons. The van der Waals surface area contributed by atoms with Crippen LogP contribution in [0.3, 0.4) is 0 Å². The fourth-order valence-corrected chi connectivity index (χ4v) is 2.57. The van der Waals surface area contributed by atoms with Gasteiger partial charge in [0.2, 0.25) is 0 Å². The minimum atomic E-state index is -0.529. The molecule has 21 heavy (non-hydrogen) atoms. The standard InChI is InChI=1S/C15H22ClN3O2/c1-17(2)15(21)19-9-7-18(8-10-19)11-14(20)12-3-5-13(16)6-4-12/h3-6,14,20H,7-11H2,1-2H3. The van der Waals surface area contributed by atoms with Crippen molar-refractivity contribution in [2.45, 2.75) is 6.10 Å². The number of β-amino-alcohol motifs (C(OH)–C–C–N with tert-alkyl or cyclic N) is 1. The van der Waals surface area contributed by atoms with Crippen LogP contribution in [0.5, 0.6) is 0 Å². The largest absolute Gasteiger partial charge is 0.387 e. The van der Waals surface area contributed by atoms with Crippen LogP contribution in [0.25, 0.3) is 0 Å². The smallest absolute Gasteiger partial charge is 0.319 e. The number of hydrogen-bond acceptors (Lipinski definition) is 3. The number of piperazine rings is 1. The number of halogens is 1. The lowest BCUT2D eigenvalue weighted by Crippen LogP contribution is -2.52. The molecule has 0 aromatic heterocycles. The van der Waals surface area contributed by atoms with Gasteiger partial charge in [0.15, 0.2) is 0 Å². The number of aliphatic hydroxyl groups is 1. The molecule has 1 aliphatic heterocycles. The third-order valence-corrected chi connectivity index (χ3v) is 3.96. The number of urea groups is 1. The van der Waals surface area contributed by atoms with Crippen LogP contribution in [0.1, 0.15) is 11.7 Å². The topological polar surface area (TPSA) is 47.0 Å². The van der Waals surface area contributed by atoms with Crippen molar-refractivity contribution >= 4 is 17.6 Å². The van der Waals surface area contributed by atoms with Crippen LogP contribution in [0, 0.1) is 0 Å². The van der Waals surface area contributed by atoms with Crippen LogP contribution in [-0.4, -0.2) is 72.7 Å². The summed E-state index contributed by atoms with van der Waals surface area (Å²) in [6.07, 6.45) is -0.529. The highest BCUT2D eigenvalue weighted by molar-refractivity contribution is 6.30. The van der Waals surface area contributed by atoms with E-state index in [4.69, 9.17) is 11.6 Å². The molecule has 116 valence electrons. The Balaban J connectivity index is 1.83. The van der Waals surface area contributed by atoms with Crippen LogP contribution in [-0.2, 0) is 0 Å². The molecule has 1 heterocycles. The second kappa shape index (κ2) is 7.11. The molecule has 0 spiro atoms. The average Bonchev–Trinajstić information content (AvgIpc) is 2.47. The van der Waals surface area contributed by atoms with E-state index in [-0.39, 0.29) is 6.03 Å². The molecule has 1 aromatic carbocycles. The monoisotopic (exact) mass is 311 g/mol. The summed E-state index contributed by atoms with van der Waals surface area (Å²) in [7, 11) is 3.53. The van der Waals surface area contributed by atoms with E-state index < -0.39 is 6.10 Å². The maximum absolute atomic E-state index is 11.9. The number of carbonyl (C=O) groups excluding carboxylic acids is 1. The van der Waals surface area contributed by atoms with E-state index in [1.54, 1.807) is 31.1 Å². The predicted molar refractivity (Wildman–Crippen MR) is 83.5 cm³/mol. The molecule has 1 aliphatic rings. The highest BCUT2D eigenvalue weighted by atomic mass is 35.5. The summed E-state index contributed by atoms with van der Waals surface area (Å²) in [4.78, 5) is 17.5. The fraction of sp³-hybridized carbons (Fsp3) is 0.533. The Morgan fingerprint density at radius 2 is 1.81 bits per heavy atom. The first-order valence-electron chi connectivity index (χ1n) is 7.09. The summed E-state index contributed by atoms with van der Waals surface area (Å²) in [5.41, 5.74) is 0.867. The molecule has 2 amide bonds. The van der Waals surface area contributed by atoms with E-state index in [0.29, 0.717) is 24.7 Å². The van der Waals surface area contributed by atoms with Crippen LogP contribution >= 0.6 is 11.6 Å². The average molecular weight is 312 g/mol. The second-order valence-corrected chi connectivity index (χ2v) is 5.97. The molecule has 0 aliphatic carbocycles. The van der Waals surface area contributed by atoms with Gasteiger partial charge in [-0.05, 0) is 17.7 Å². The normalized spacial score (nSPS) is 17.6. The Morgan fingerprint density at radius 3 is 2.33 bits per heavy atom. The molecule has 5 nitrogen and oxygen atoms in total. The summed E-state index contributed by atoms with van der Waals surface area (Å²) in [6, 6.07) is 7.31. The van der Waals surface area contributed by atoms with Crippen molar-refractivity contribution in [2.24, 2.45) is 0 Å². The van der Waals surface area contributed by atoms with Crippen molar-refractivity contribution < 1.29 is 9.90 Å². The van der Waals surface area contributed by atoms with E-state index in [1.807, 2.05) is 17.0 Å². The number of rotatable bonds is 3. The summed E-state index contributed by atoms with van der Waals surface area (Å²) < 4.78 is 0. The zero-order valence-corrected chi connectivity index (χ0v) is 13.3. The van der Waals surface area contributed by atoms with Crippen molar-refractivity contribution in [3.8, 4) is 0 Å². The molecule has 1 saturated heterocycles. The third-order valence-electron chi connectivity index (χ3n) is 3.71. The maximum Gasteiger partial charge on any atom is 0.319 e.